The molecule has 116 valence electrons. The number of nitro benzene ring substituents is 1. The summed E-state index contributed by atoms with van der Waals surface area (Å²) in [6.45, 7) is -0.222. The molecule has 0 fully saturated rings. The van der Waals surface area contributed by atoms with Crippen LogP contribution in [-0.4, -0.2) is 26.0 Å². The predicted octanol–water partition coefficient (Wildman–Crippen LogP) is 2.26. The molecular formula is C13H9N5O5. The summed E-state index contributed by atoms with van der Waals surface area (Å²) < 4.78 is 0. The van der Waals surface area contributed by atoms with E-state index in [4.69, 9.17) is 0 Å². The molecule has 0 saturated carbocycles. The van der Waals surface area contributed by atoms with Gasteiger partial charge in [-0.1, -0.05) is 12.1 Å². The SMILES string of the molecule is O=C1N(c2cccc([N+](=O)[O-])c2)c2ncccc2CN1[N+](=O)[O-]. The Bertz CT molecular complexity index is 824. The van der Waals surface area contributed by atoms with Crippen molar-refractivity contribution in [1.82, 2.24) is 9.99 Å². The molecule has 0 bridgehead atoms. The van der Waals surface area contributed by atoms with Crippen LogP contribution in [0.25, 0.3) is 0 Å². The van der Waals surface area contributed by atoms with Crippen molar-refractivity contribution in [2.45, 2.75) is 6.54 Å². The molecule has 10 nitrogen and oxygen atoms in total. The van der Waals surface area contributed by atoms with Crippen LogP contribution in [0.15, 0.2) is 42.6 Å². The lowest BCUT2D eigenvalue weighted by Crippen LogP contribution is -2.47. The average molecular weight is 315 g/mol. The van der Waals surface area contributed by atoms with E-state index in [1.54, 1.807) is 12.1 Å². The minimum absolute atomic E-state index is 0.135. The van der Waals surface area contributed by atoms with Crippen LogP contribution in [0.5, 0.6) is 0 Å². The minimum atomic E-state index is -0.929. The first-order valence-corrected chi connectivity index (χ1v) is 6.43. The Balaban J connectivity index is 2.16. The molecule has 2 aromatic rings. The number of amides is 2. The Morgan fingerprint density at radius 3 is 2.61 bits per heavy atom. The normalized spacial score (nSPS) is 13.7. The number of fused-ring (bicyclic) bond motifs is 1. The van der Waals surface area contributed by atoms with Crippen molar-refractivity contribution in [3.8, 4) is 0 Å². The third-order valence-electron chi connectivity index (χ3n) is 3.31. The monoisotopic (exact) mass is 315 g/mol. The Morgan fingerprint density at radius 2 is 1.91 bits per heavy atom. The van der Waals surface area contributed by atoms with Gasteiger partial charge in [-0.15, -0.1) is 0 Å². The van der Waals surface area contributed by atoms with Crippen LogP contribution in [0.4, 0.5) is 22.0 Å². The van der Waals surface area contributed by atoms with E-state index < -0.39 is 16.0 Å². The molecular weight excluding hydrogens is 306 g/mol. The fraction of sp³-hybridized carbons (Fsp3) is 0.0769. The first-order valence-electron chi connectivity index (χ1n) is 6.43. The predicted molar refractivity (Wildman–Crippen MR) is 77.4 cm³/mol. The topological polar surface area (TPSA) is 123 Å². The number of carbonyl (C=O) groups excluding carboxylic acids is 1. The second-order valence-electron chi connectivity index (χ2n) is 4.68. The zero-order valence-corrected chi connectivity index (χ0v) is 11.5. The lowest BCUT2D eigenvalue weighted by atomic mass is 10.1. The van der Waals surface area contributed by atoms with Gasteiger partial charge in [-0.2, -0.15) is 0 Å². The third kappa shape index (κ3) is 2.41. The Hall–Kier alpha value is -3.56. The maximum absolute atomic E-state index is 12.4. The average Bonchev–Trinajstić information content (AvgIpc) is 2.54. The molecule has 0 radical (unpaired) electrons. The fourth-order valence-electron chi connectivity index (χ4n) is 2.30. The standard InChI is InChI=1S/C13H9N5O5/c19-13-15(18(22)23)8-9-3-2-6-14-12(9)16(13)10-4-1-5-11(7-10)17(20)21/h1-7H,8H2. The van der Waals surface area contributed by atoms with Crippen LogP contribution >= 0.6 is 0 Å². The highest BCUT2D eigenvalue weighted by Crippen LogP contribution is 2.34. The highest BCUT2D eigenvalue weighted by molar-refractivity contribution is 6.00. The van der Waals surface area contributed by atoms with Gasteiger partial charge in [-0.25, -0.2) is 24.8 Å². The molecule has 10 heteroatoms. The van der Waals surface area contributed by atoms with Gasteiger partial charge >= 0.3 is 6.03 Å². The van der Waals surface area contributed by atoms with E-state index in [1.165, 1.54) is 30.5 Å². The number of urea groups is 1. The smallest absolute Gasteiger partial charge is 0.258 e. The summed E-state index contributed by atoms with van der Waals surface area (Å²) in [7, 11) is 0. The van der Waals surface area contributed by atoms with E-state index >= 15 is 0 Å². The maximum Gasteiger partial charge on any atom is 0.388 e. The van der Waals surface area contributed by atoms with E-state index in [0.717, 1.165) is 4.90 Å². The third-order valence-corrected chi connectivity index (χ3v) is 3.31. The van der Waals surface area contributed by atoms with E-state index in [2.05, 4.69) is 4.98 Å². The lowest BCUT2D eigenvalue weighted by molar-refractivity contribution is -0.636. The second-order valence-corrected chi connectivity index (χ2v) is 4.68. The fourth-order valence-corrected chi connectivity index (χ4v) is 2.30. The number of aromatic nitrogens is 1. The summed E-state index contributed by atoms with van der Waals surface area (Å²) in [5, 5.41) is 21.6. The van der Waals surface area contributed by atoms with Crippen molar-refractivity contribution in [2.75, 3.05) is 4.90 Å². The summed E-state index contributed by atoms with van der Waals surface area (Å²) in [6, 6.07) is 7.55. The van der Waals surface area contributed by atoms with Gasteiger partial charge in [0, 0.05) is 23.9 Å². The maximum atomic E-state index is 12.4. The molecule has 1 aliphatic rings. The van der Waals surface area contributed by atoms with Crippen LogP contribution in [0.2, 0.25) is 0 Å². The number of rotatable bonds is 3. The molecule has 2 heterocycles. The zero-order chi connectivity index (χ0) is 16.6. The summed E-state index contributed by atoms with van der Waals surface area (Å²) >= 11 is 0. The number of hydrazine groups is 1. The van der Waals surface area contributed by atoms with Gasteiger partial charge in [-0.05, 0) is 17.1 Å². The van der Waals surface area contributed by atoms with E-state index in [-0.39, 0.29) is 23.7 Å². The Kier molecular flexibility index (Phi) is 3.33. The van der Waals surface area contributed by atoms with Gasteiger partial charge in [0.2, 0.25) is 0 Å². The van der Waals surface area contributed by atoms with E-state index in [0.29, 0.717) is 10.6 Å². The van der Waals surface area contributed by atoms with Crippen molar-refractivity contribution >= 4 is 23.2 Å². The quantitative estimate of drug-likeness (QED) is 0.632. The van der Waals surface area contributed by atoms with Crippen molar-refractivity contribution in [3.63, 3.8) is 0 Å². The molecule has 0 atom stereocenters. The van der Waals surface area contributed by atoms with Crippen molar-refractivity contribution < 1.29 is 14.8 Å². The van der Waals surface area contributed by atoms with Gasteiger partial charge in [0.25, 0.3) is 5.69 Å². The van der Waals surface area contributed by atoms with Gasteiger partial charge in [0.1, 0.15) is 12.4 Å². The van der Waals surface area contributed by atoms with E-state index in [9.17, 15) is 25.0 Å². The van der Waals surface area contributed by atoms with Crippen molar-refractivity contribution in [2.24, 2.45) is 0 Å². The molecule has 0 unspecified atom stereocenters. The summed E-state index contributed by atoms with van der Waals surface area (Å²) in [6.07, 6.45) is 1.44. The van der Waals surface area contributed by atoms with Crippen LogP contribution in [0, 0.1) is 20.2 Å². The Labute approximate surface area is 128 Å². The zero-order valence-electron chi connectivity index (χ0n) is 11.5. The lowest BCUT2D eigenvalue weighted by Gasteiger charge is -2.30. The highest BCUT2D eigenvalue weighted by atomic mass is 16.7. The number of nitro groups is 2. The molecule has 0 spiro atoms. The molecule has 1 aliphatic heterocycles. The minimum Gasteiger partial charge on any atom is -0.258 e. The van der Waals surface area contributed by atoms with Crippen molar-refractivity contribution in [3.05, 3.63) is 68.4 Å². The molecule has 1 aromatic heterocycles. The number of benzene rings is 1. The molecule has 3 rings (SSSR count). The first kappa shape index (κ1) is 14.4. The molecule has 0 aliphatic carbocycles. The van der Waals surface area contributed by atoms with Gasteiger partial charge < -0.3 is 0 Å². The number of anilines is 2. The van der Waals surface area contributed by atoms with Crippen LogP contribution in [0.1, 0.15) is 5.56 Å². The number of nitrogens with zero attached hydrogens (tertiary/aromatic N) is 5. The number of hydrogen-bond acceptors (Lipinski definition) is 6. The van der Waals surface area contributed by atoms with Crippen molar-refractivity contribution in [1.29, 1.82) is 0 Å². The highest BCUT2D eigenvalue weighted by Gasteiger charge is 2.39. The number of carbonyl (C=O) groups is 1. The van der Waals surface area contributed by atoms with Gasteiger partial charge in [0.15, 0.2) is 5.03 Å². The molecule has 23 heavy (non-hydrogen) atoms. The Morgan fingerprint density at radius 1 is 1.13 bits per heavy atom. The summed E-state index contributed by atoms with van der Waals surface area (Å²) in [4.78, 5) is 38.9. The first-order chi connectivity index (χ1) is 11.0. The number of non-ortho nitro benzene ring substituents is 1. The molecule has 1 aromatic carbocycles. The summed E-state index contributed by atoms with van der Waals surface area (Å²) in [5.41, 5.74) is 0.372. The second kappa shape index (κ2) is 5.33. The van der Waals surface area contributed by atoms with Crippen LogP contribution in [0.3, 0.4) is 0 Å². The van der Waals surface area contributed by atoms with E-state index in [1.807, 2.05) is 0 Å². The van der Waals surface area contributed by atoms with Gasteiger partial charge in [0.05, 0.1) is 10.6 Å². The van der Waals surface area contributed by atoms with Crippen LogP contribution < -0.4 is 4.90 Å². The van der Waals surface area contributed by atoms with Gasteiger partial charge in [-0.3, -0.25) is 10.1 Å². The molecule has 0 saturated heterocycles. The largest absolute Gasteiger partial charge is 0.388 e. The molecule has 0 N–H and O–H groups in total. The molecule has 2 amide bonds. The number of pyridine rings is 1. The summed E-state index contributed by atoms with van der Waals surface area (Å²) in [5.74, 6) is 0.219. The number of hydrogen-bond donors (Lipinski definition) is 0. The van der Waals surface area contributed by atoms with Crippen LogP contribution in [-0.2, 0) is 6.54 Å².